The number of anilines is 2. The molecule has 0 bridgehead atoms. The molecule has 2 aromatic rings. The van der Waals surface area contributed by atoms with Crippen LogP contribution < -0.4 is 10.6 Å². The van der Waals surface area contributed by atoms with Crippen LogP contribution in [-0.4, -0.2) is 17.6 Å². The maximum absolute atomic E-state index is 13.6. The SMILES string of the molecule is Cc1ccc(C(=O)Nc2cc(F)ccc2NC(=O)OC(C)(C)C)c(C)c1. The van der Waals surface area contributed by atoms with E-state index in [1.165, 1.54) is 12.1 Å². The van der Waals surface area contributed by atoms with E-state index in [1.54, 1.807) is 26.8 Å². The van der Waals surface area contributed by atoms with Gasteiger partial charge in [-0.15, -0.1) is 0 Å². The van der Waals surface area contributed by atoms with E-state index in [0.717, 1.165) is 17.2 Å². The van der Waals surface area contributed by atoms with Crippen LogP contribution in [0.3, 0.4) is 0 Å². The van der Waals surface area contributed by atoms with E-state index in [1.807, 2.05) is 26.0 Å². The van der Waals surface area contributed by atoms with E-state index in [-0.39, 0.29) is 17.3 Å². The zero-order valence-corrected chi connectivity index (χ0v) is 15.6. The number of aryl methyl sites for hydroxylation is 2. The second kappa shape index (κ2) is 7.56. The second-order valence-electron chi connectivity index (χ2n) is 7.09. The van der Waals surface area contributed by atoms with Crippen molar-refractivity contribution in [1.29, 1.82) is 0 Å². The number of hydrogen-bond acceptors (Lipinski definition) is 3. The molecule has 0 aliphatic heterocycles. The Kier molecular flexibility index (Phi) is 5.65. The van der Waals surface area contributed by atoms with Gasteiger partial charge < -0.3 is 10.1 Å². The summed E-state index contributed by atoms with van der Waals surface area (Å²) in [6.07, 6.45) is -0.689. The molecule has 0 aliphatic carbocycles. The molecule has 138 valence electrons. The number of amides is 2. The lowest BCUT2D eigenvalue weighted by atomic mass is 10.1. The van der Waals surface area contributed by atoms with Gasteiger partial charge in [-0.05, 0) is 64.4 Å². The first-order chi connectivity index (χ1) is 12.0. The summed E-state index contributed by atoms with van der Waals surface area (Å²) < 4.78 is 18.8. The fourth-order valence-corrected chi connectivity index (χ4v) is 2.40. The van der Waals surface area contributed by atoms with Crippen molar-refractivity contribution in [3.63, 3.8) is 0 Å². The van der Waals surface area contributed by atoms with Crippen LogP contribution in [0.2, 0.25) is 0 Å². The van der Waals surface area contributed by atoms with Crippen molar-refractivity contribution in [3.05, 3.63) is 58.9 Å². The minimum absolute atomic E-state index is 0.154. The van der Waals surface area contributed by atoms with Crippen LogP contribution in [-0.2, 0) is 4.74 Å². The summed E-state index contributed by atoms with van der Waals surface area (Å²) in [5.41, 5.74) is 2.05. The summed E-state index contributed by atoms with van der Waals surface area (Å²) in [6, 6.07) is 9.14. The van der Waals surface area contributed by atoms with E-state index in [4.69, 9.17) is 4.74 Å². The Labute approximate surface area is 152 Å². The molecule has 5 nitrogen and oxygen atoms in total. The van der Waals surface area contributed by atoms with Crippen LogP contribution in [0.5, 0.6) is 0 Å². The molecule has 6 heteroatoms. The van der Waals surface area contributed by atoms with Gasteiger partial charge in [0, 0.05) is 5.56 Å². The lowest BCUT2D eigenvalue weighted by Gasteiger charge is -2.20. The molecule has 0 aliphatic rings. The van der Waals surface area contributed by atoms with E-state index in [9.17, 15) is 14.0 Å². The highest BCUT2D eigenvalue weighted by molar-refractivity contribution is 6.07. The summed E-state index contributed by atoms with van der Waals surface area (Å²) in [5.74, 6) is -0.920. The van der Waals surface area contributed by atoms with E-state index in [0.29, 0.717) is 5.56 Å². The fraction of sp³-hybridized carbons (Fsp3) is 0.300. The molecule has 0 fully saturated rings. The fourth-order valence-electron chi connectivity index (χ4n) is 2.40. The van der Waals surface area contributed by atoms with Crippen LogP contribution >= 0.6 is 0 Å². The van der Waals surface area contributed by atoms with Crippen LogP contribution in [0.15, 0.2) is 36.4 Å². The molecule has 0 aromatic heterocycles. The first kappa shape index (κ1) is 19.4. The van der Waals surface area contributed by atoms with Gasteiger partial charge in [0.15, 0.2) is 0 Å². The first-order valence-electron chi connectivity index (χ1n) is 8.23. The number of hydrogen-bond donors (Lipinski definition) is 2. The van der Waals surface area contributed by atoms with Crippen molar-refractivity contribution in [2.45, 2.75) is 40.2 Å². The second-order valence-corrected chi connectivity index (χ2v) is 7.09. The molecule has 2 aromatic carbocycles. The smallest absolute Gasteiger partial charge is 0.412 e. The van der Waals surface area contributed by atoms with Crippen molar-refractivity contribution >= 4 is 23.4 Å². The summed E-state index contributed by atoms with van der Waals surface area (Å²) in [5, 5.41) is 5.18. The maximum Gasteiger partial charge on any atom is 0.412 e. The normalized spacial score (nSPS) is 11.0. The Balaban J connectivity index is 2.24. The molecule has 0 spiro atoms. The largest absolute Gasteiger partial charge is 0.444 e. The molecule has 2 N–H and O–H groups in total. The van der Waals surface area contributed by atoms with Crippen LogP contribution in [0.25, 0.3) is 0 Å². The number of rotatable bonds is 3. The molecule has 0 radical (unpaired) electrons. The minimum atomic E-state index is -0.689. The predicted octanol–water partition coefficient (Wildman–Crippen LogP) is 5.04. The molecule has 2 rings (SSSR count). The Morgan fingerprint density at radius 1 is 0.962 bits per heavy atom. The Hall–Kier alpha value is -2.89. The highest BCUT2D eigenvalue weighted by atomic mass is 19.1. The van der Waals surface area contributed by atoms with Gasteiger partial charge in [0.05, 0.1) is 11.4 Å². The van der Waals surface area contributed by atoms with Gasteiger partial charge in [0.2, 0.25) is 0 Å². The summed E-state index contributed by atoms with van der Waals surface area (Å²) in [6.45, 7) is 8.97. The van der Waals surface area contributed by atoms with Crippen LogP contribution in [0.4, 0.5) is 20.6 Å². The quantitative estimate of drug-likeness (QED) is 0.807. The summed E-state index contributed by atoms with van der Waals surface area (Å²) >= 11 is 0. The molecule has 0 unspecified atom stereocenters. The Morgan fingerprint density at radius 3 is 2.27 bits per heavy atom. The van der Waals surface area contributed by atoms with Crippen molar-refractivity contribution in [2.24, 2.45) is 0 Å². The molecular formula is C20H23FN2O3. The molecular weight excluding hydrogens is 335 g/mol. The summed E-state index contributed by atoms with van der Waals surface area (Å²) in [7, 11) is 0. The lowest BCUT2D eigenvalue weighted by molar-refractivity contribution is 0.0635. The minimum Gasteiger partial charge on any atom is -0.444 e. The van der Waals surface area contributed by atoms with Gasteiger partial charge in [0.25, 0.3) is 5.91 Å². The van der Waals surface area contributed by atoms with Gasteiger partial charge in [-0.3, -0.25) is 10.1 Å². The number of carbonyl (C=O) groups is 2. The number of nitrogens with one attached hydrogen (secondary N) is 2. The van der Waals surface area contributed by atoms with Crippen LogP contribution in [0, 0.1) is 19.7 Å². The van der Waals surface area contributed by atoms with Crippen LogP contribution in [0.1, 0.15) is 42.3 Å². The topological polar surface area (TPSA) is 67.4 Å². The van der Waals surface area contributed by atoms with Crippen molar-refractivity contribution in [3.8, 4) is 0 Å². The van der Waals surface area contributed by atoms with Crippen molar-refractivity contribution in [1.82, 2.24) is 0 Å². The molecule has 0 atom stereocenters. The third-order valence-corrected chi connectivity index (χ3v) is 3.49. The molecule has 0 saturated carbocycles. The maximum atomic E-state index is 13.6. The highest BCUT2D eigenvalue weighted by Gasteiger charge is 2.18. The number of benzene rings is 2. The average Bonchev–Trinajstić information content (AvgIpc) is 2.48. The summed E-state index contributed by atoms with van der Waals surface area (Å²) in [4.78, 5) is 24.5. The van der Waals surface area contributed by atoms with E-state index < -0.39 is 17.5 Å². The van der Waals surface area contributed by atoms with Gasteiger partial charge in [-0.1, -0.05) is 17.7 Å². The Morgan fingerprint density at radius 2 is 1.65 bits per heavy atom. The molecule has 0 saturated heterocycles. The average molecular weight is 358 g/mol. The molecule has 0 heterocycles. The Bertz CT molecular complexity index is 841. The monoisotopic (exact) mass is 358 g/mol. The number of ether oxygens (including phenoxy) is 1. The zero-order chi connectivity index (χ0) is 19.5. The highest BCUT2D eigenvalue weighted by Crippen LogP contribution is 2.25. The van der Waals surface area contributed by atoms with E-state index in [2.05, 4.69) is 10.6 Å². The van der Waals surface area contributed by atoms with Gasteiger partial charge >= 0.3 is 6.09 Å². The zero-order valence-electron chi connectivity index (χ0n) is 15.6. The number of carbonyl (C=O) groups excluding carboxylic acids is 2. The standard InChI is InChI=1S/C20H23FN2O3/c1-12-6-8-15(13(2)10-12)18(24)22-17-11-14(21)7-9-16(17)23-19(25)26-20(3,4)5/h6-11H,1-5H3,(H,22,24)(H,23,25). The third-order valence-electron chi connectivity index (χ3n) is 3.49. The van der Waals surface area contributed by atoms with Crippen molar-refractivity contribution in [2.75, 3.05) is 10.6 Å². The van der Waals surface area contributed by atoms with E-state index >= 15 is 0 Å². The lowest BCUT2D eigenvalue weighted by Crippen LogP contribution is -2.27. The third kappa shape index (κ3) is 5.31. The number of halogens is 1. The van der Waals surface area contributed by atoms with Gasteiger partial charge in [-0.25, -0.2) is 9.18 Å². The molecule has 2 amide bonds. The van der Waals surface area contributed by atoms with Crippen molar-refractivity contribution < 1.29 is 18.7 Å². The van der Waals surface area contributed by atoms with Gasteiger partial charge in [-0.2, -0.15) is 0 Å². The predicted molar refractivity (Wildman–Crippen MR) is 100 cm³/mol. The first-order valence-corrected chi connectivity index (χ1v) is 8.23. The van der Waals surface area contributed by atoms with Gasteiger partial charge in [0.1, 0.15) is 11.4 Å². The molecule has 26 heavy (non-hydrogen) atoms.